The summed E-state index contributed by atoms with van der Waals surface area (Å²) in [7, 11) is 0. The predicted molar refractivity (Wildman–Crippen MR) is 134 cm³/mol. The molecule has 1 rings (SSSR count). The Hall–Kier alpha value is -4.73. The molecule has 1 aromatic carbocycles. The summed E-state index contributed by atoms with van der Waals surface area (Å²) in [4.78, 5) is 82.9. The molecule has 16 heteroatoms. The zero-order valence-electron chi connectivity index (χ0n) is 21.2. The Morgan fingerprint density at radius 2 is 1.02 bits per heavy atom. The summed E-state index contributed by atoms with van der Waals surface area (Å²) in [6.07, 6.45) is -3.08. The van der Waals surface area contributed by atoms with Gasteiger partial charge in [-0.05, 0) is 37.0 Å². The van der Waals surface area contributed by atoms with Crippen LogP contribution in [0.5, 0.6) is 5.75 Å². The van der Waals surface area contributed by atoms with Crippen molar-refractivity contribution in [1.29, 1.82) is 0 Å². The van der Waals surface area contributed by atoms with Gasteiger partial charge in [0.15, 0.2) is 0 Å². The van der Waals surface area contributed by atoms with E-state index in [0.29, 0.717) is 5.56 Å². The van der Waals surface area contributed by atoms with E-state index in [9.17, 15) is 43.8 Å². The first-order valence-electron chi connectivity index (χ1n) is 12.0. The molecule has 0 saturated heterocycles. The van der Waals surface area contributed by atoms with Crippen LogP contribution in [0.4, 0.5) is 0 Å². The molecule has 0 aliphatic heterocycles. The lowest BCUT2D eigenvalue weighted by Crippen LogP contribution is -2.57. The Kier molecular flexibility index (Phi) is 13.6. The number of amides is 3. The van der Waals surface area contributed by atoms with Gasteiger partial charge in [0.2, 0.25) is 17.7 Å². The summed E-state index contributed by atoms with van der Waals surface area (Å²) in [5.41, 5.74) is 6.07. The van der Waals surface area contributed by atoms with Crippen LogP contribution in [0.2, 0.25) is 0 Å². The maximum Gasteiger partial charge on any atom is 0.326 e. The zero-order chi connectivity index (χ0) is 30.4. The highest BCUT2D eigenvalue weighted by atomic mass is 16.4. The Morgan fingerprint density at radius 3 is 1.45 bits per heavy atom. The molecule has 0 spiro atoms. The molecular weight excluding hydrogens is 536 g/mol. The minimum Gasteiger partial charge on any atom is -0.508 e. The first-order valence-corrected chi connectivity index (χ1v) is 12.0. The van der Waals surface area contributed by atoms with Crippen LogP contribution in [-0.4, -0.2) is 91.3 Å². The highest BCUT2D eigenvalue weighted by Gasteiger charge is 2.31. The smallest absolute Gasteiger partial charge is 0.326 e. The second-order valence-electron chi connectivity index (χ2n) is 8.80. The number of carbonyl (C=O) groups excluding carboxylic acids is 3. The lowest BCUT2D eigenvalue weighted by atomic mass is 10.0. The molecule has 0 heterocycles. The fourth-order valence-electron chi connectivity index (χ4n) is 3.37. The Morgan fingerprint density at radius 1 is 0.625 bits per heavy atom. The lowest BCUT2D eigenvalue weighted by molar-refractivity contribution is -0.143. The molecule has 1 aromatic rings. The summed E-state index contributed by atoms with van der Waals surface area (Å²) >= 11 is 0. The highest BCUT2D eigenvalue weighted by Crippen LogP contribution is 2.12. The van der Waals surface area contributed by atoms with Crippen LogP contribution in [0.15, 0.2) is 24.3 Å². The number of hydrogen-bond acceptors (Lipinski definition) is 9. The van der Waals surface area contributed by atoms with Crippen LogP contribution in [0.3, 0.4) is 0 Å². The van der Waals surface area contributed by atoms with Gasteiger partial charge in [-0.25, -0.2) is 4.79 Å². The summed E-state index contributed by atoms with van der Waals surface area (Å²) in [5.74, 6) is -8.46. The average Bonchev–Trinajstić information content (AvgIpc) is 2.87. The molecule has 0 aromatic heterocycles. The van der Waals surface area contributed by atoms with E-state index >= 15 is 0 Å². The minimum atomic E-state index is -1.59. The third-order valence-corrected chi connectivity index (χ3v) is 5.56. The van der Waals surface area contributed by atoms with Crippen molar-refractivity contribution in [1.82, 2.24) is 16.0 Å². The van der Waals surface area contributed by atoms with Gasteiger partial charge in [0.25, 0.3) is 0 Å². The number of phenols is 1. The van der Waals surface area contributed by atoms with Gasteiger partial charge in [-0.3, -0.25) is 28.8 Å². The number of carboxylic acids is 4. The monoisotopic (exact) mass is 568 g/mol. The van der Waals surface area contributed by atoms with E-state index in [1.54, 1.807) is 0 Å². The van der Waals surface area contributed by atoms with E-state index in [2.05, 4.69) is 16.0 Å². The number of carboxylic acid groups (broad SMARTS) is 4. The van der Waals surface area contributed by atoms with Gasteiger partial charge in [0.1, 0.15) is 23.9 Å². The number of nitrogens with one attached hydrogen (secondary N) is 3. The number of nitrogens with two attached hydrogens (primary N) is 1. The molecule has 0 saturated carbocycles. The molecule has 0 radical (unpaired) electrons. The number of carbonyl (C=O) groups is 7. The Balaban J connectivity index is 3.07. The lowest BCUT2D eigenvalue weighted by Gasteiger charge is -2.25. The highest BCUT2D eigenvalue weighted by molar-refractivity contribution is 5.94. The minimum absolute atomic E-state index is 0.0662. The van der Waals surface area contributed by atoms with Crippen molar-refractivity contribution in [2.45, 2.75) is 69.1 Å². The number of hydrogen-bond donors (Lipinski definition) is 9. The zero-order valence-corrected chi connectivity index (χ0v) is 21.2. The molecule has 0 aliphatic rings. The maximum absolute atomic E-state index is 13.0. The quantitative estimate of drug-likeness (QED) is 0.0965. The summed E-state index contributed by atoms with van der Waals surface area (Å²) in [6.45, 7) is 0. The van der Waals surface area contributed by atoms with E-state index in [4.69, 9.17) is 21.1 Å². The molecule has 220 valence electrons. The second-order valence-corrected chi connectivity index (χ2v) is 8.80. The number of aliphatic carboxylic acids is 4. The van der Waals surface area contributed by atoms with E-state index < -0.39 is 97.9 Å². The van der Waals surface area contributed by atoms with Gasteiger partial charge < -0.3 is 47.2 Å². The Bertz CT molecular complexity index is 1090. The van der Waals surface area contributed by atoms with Gasteiger partial charge in [0.05, 0.1) is 6.04 Å². The maximum atomic E-state index is 13.0. The molecular formula is C24H32N4O12. The fraction of sp³-hybridized carbons (Fsp3) is 0.458. The molecule has 3 amide bonds. The molecule has 16 nitrogen and oxygen atoms in total. The molecule has 4 unspecified atom stereocenters. The largest absolute Gasteiger partial charge is 0.508 e. The average molecular weight is 569 g/mol. The molecule has 10 N–H and O–H groups in total. The van der Waals surface area contributed by atoms with Crippen molar-refractivity contribution in [2.75, 3.05) is 0 Å². The van der Waals surface area contributed by atoms with Crippen molar-refractivity contribution in [2.24, 2.45) is 5.73 Å². The number of phenolic OH excluding ortho intramolecular Hbond substituents is 1. The first kappa shape index (κ1) is 33.3. The van der Waals surface area contributed by atoms with Gasteiger partial charge in [0, 0.05) is 25.7 Å². The van der Waals surface area contributed by atoms with Crippen molar-refractivity contribution < 1.29 is 59.1 Å². The molecule has 0 bridgehead atoms. The number of aromatic hydroxyl groups is 1. The molecule has 0 fully saturated rings. The van der Waals surface area contributed by atoms with Crippen LogP contribution in [-0.2, 0) is 40.0 Å². The van der Waals surface area contributed by atoms with Crippen LogP contribution >= 0.6 is 0 Å². The Labute approximate surface area is 227 Å². The van der Waals surface area contributed by atoms with Crippen molar-refractivity contribution in [3.8, 4) is 5.75 Å². The molecule has 4 atom stereocenters. The second kappa shape index (κ2) is 16.3. The fourth-order valence-corrected chi connectivity index (χ4v) is 3.37. The van der Waals surface area contributed by atoms with Gasteiger partial charge in [-0.15, -0.1) is 0 Å². The third kappa shape index (κ3) is 12.7. The van der Waals surface area contributed by atoms with Gasteiger partial charge >= 0.3 is 23.9 Å². The van der Waals surface area contributed by atoms with Crippen LogP contribution in [0.1, 0.15) is 44.1 Å². The summed E-state index contributed by atoms with van der Waals surface area (Å²) < 4.78 is 0. The SMILES string of the molecule is NC(CCC(=O)O)C(=O)NC(CCC(=O)O)C(=O)NC(CCC(=O)O)C(=O)NC(Cc1ccc(O)cc1)C(=O)O. The predicted octanol–water partition coefficient (Wildman–Crippen LogP) is -1.60. The van der Waals surface area contributed by atoms with Gasteiger partial charge in [-0.1, -0.05) is 12.1 Å². The number of benzene rings is 1. The van der Waals surface area contributed by atoms with E-state index in [-0.39, 0.29) is 18.6 Å². The van der Waals surface area contributed by atoms with Crippen LogP contribution in [0.25, 0.3) is 0 Å². The third-order valence-electron chi connectivity index (χ3n) is 5.56. The standard InChI is InChI=1S/C24H32N4O12/c25-14(5-8-18(30)31)21(36)26-15(6-9-19(32)33)22(37)27-16(7-10-20(34)35)23(38)28-17(24(39)40)11-12-1-3-13(29)4-2-12/h1-4,14-17,29H,5-11,25H2,(H,26,36)(H,27,37)(H,28,38)(H,30,31)(H,32,33)(H,34,35)(H,39,40). The first-order chi connectivity index (χ1) is 18.7. The van der Waals surface area contributed by atoms with Crippen molar-refractivity contribution in [3.63, 3.8) is 0 Å². The van der Waals surface area contributed by atoms with E-state index in [1.165, 1.54) is 24.3 Å². The summed E-state index contributed by atoms with van der Waals surface area (Å²) in [5, 5.41) is 52.4. The molecule has 0 aliphatic carbocycles. The topological polar surface area (TPSA) is 283 Å². The van der Waals surface area contributed by atoms with Crippen molar-refractivity contribution >= 4 is 41.6 Å². The summed E-state index contributed by atoms with van der Waals surface area (Å²) in [6, 6.07) is -0.511. The van der Waals surface area contributed by atoms with Crippen LogP contribution < -0.4 is 21.7 Å². The van der Waals surface area contributed by atoms with Crippen molar-refractivity contribution in [3.05, 3.63) is 29.8 Å². The van der Waals surface area contributed by atoms with E-state index in [1.807, 2.05) is 0 Å². The molecule has 40 heavy (non-hydrogen) atoms. The van der Waals surface area contributed by atoms with Gasteiger partial charge in [-0.2, -0.15) is 0 Å². The normalized spacial score (nSPS) is 13.6. The van der Waals surface area contributed by atoms with E-state index in [0.717, 1.165) is 0 Å². The number of rotatable bonds is 18. The van der Waals surface area contributed by atoms with Crippen LogP contribution in [0, 0.1) is 0 Å².